The van der Waals surface area contributed by atoms with Crippen molar-refractivity contribution >= 4 is 26.6 Å². The first-order chi connectivity index (χ1) is 8.68. The fourth-order valence-electron chi connectivity index (χ4n) is 1.76. The van der Waals surface area contributed by atoms with Crippen LogP contribution in [-0.4, -0.2) is 22.1 Å². The molecule has 0 spiro atoms. The van der Waals surface area contributed by atoms with Crippen molar-refractivity contribution in [1.82, 2.24) is 0 Å². The zero-order valence-corrected chi connectivity index (χ0v) is 14.2. The maximum absolute atomic E-state index is 11.8. The van der Waals surface area contributed by atoms with Crippen LogP contribution in [0.25, 0.3) is 0 Å². The lowest BCUT2D eigenvalue weighted by Gasteiger charge is -2.24. The average Bonchev–Trinajstić information content (AvgIpc) is 2.28. The highest BCUT2D eigenvalue weighted by molar-refractivity contribution is 6.49. The highest BCUT2D eigenvalue weighted by Gasteiger charge is 2.25. The Morgan fingerprint density at radius 2 is 1.84 bits per heavy atom. The zero-order valence-electron chi connectivity index (χ0n) is 12.3. The fourth-order valence-corrected chi connectivity index (χ4v) is 3.04. The van der Waals surface area contributed by atoms with Gasteiger partial charge in [-0.1, -0.05) is 38.4 Å². The molecule has 1 aromatic carbocycles. The molecular weight excluding hydrogens is 280 g/mol. The summed E-state index contributed by atoms with van der Waals surface area (Å²) in [4.78, 5) is 11.8. The van der Waals surface area contributed by atoms with Crippen molar-refractivity contribution < 1.29 is 14.0 Å². The summed E-state index contributed by atoms with van der Waals surface area (Å²) < 4.78 is 10.6. The highest BCUT2D eigenvalue weighted by Crippen LogP contribution is 2.38. The molecule has 3 nitrogen and oxygen atoms in total. The van der Waals surface area contributed by atoms with Gasteiger partial charge < -0.3 is 9.16 Å². The van der Waals surface area contributed by atoms with E-state index in [0.717, 1.165) is 5.56 Å². The molecule has 19 heavy (non-hydrogen) atoms. The van der Waals surface area contributed by atoms with Gasteiger partial charge in [0.1, 0.15) is 11.3 Å². The molecule has 0 fully saturated rings. The van der Waals surface area contributed by atoms with Gasteiger partial charge in [-0.2, -0.15) is 0 Å². The first-order valence-electron chi connectivity index (χ1n) is 6.26. The maximum atomic E-state index is 11.8. The van der Waals surface area contributed by atoms with E-state index in [-0.39, 0.29) is 5.41 Å². The van der Waals surface area contributed by atoms with Crippen molar-refractivity contribution in [2.75, 3.05) is 7.11 Å². The third kappa shape index (κ3) is 3.73. The molecule has 106 valence electrons. The number of halogens is 1. The summed E-state index contributed by atoms with van der Waals surface area (Å²) in [7, 11) is -0.0207. The maximum Gasteiger partial charge on any atom is 0.341 e. The number of benzene rings is 1. The second-order valence-corrected chi connectivity index (χ2v) is 8.42. The molecule has 0 unspecified atom stereocenters. The van der Waals surface area contributed by atoms with Crippen molar-refractivity contribution in [2.45, 2.75) is 39.3 Å². The minimum Gasteiger partial charge on any atom is -0.545 e. The number of methoxy groups -OCH3 is 1. The van der Waals surface area contributed by atoms with Gasteiger partial charge in [-0.25, -0.2) is 4.79 Å². The molecule has 0 aliphatic heterocycles. The van der Waals surface area contributed by atoms with Gasteiger partial charge in [-0.3, -0.25) is 0 Å². The SMILES string of the molecule is COC(=O)c1ccc(C(C)(C)C)c(Cl)c1O[SiH](C)C. The number of rotatable bonds is 3. The standard InChI is InChI=1S/C14H21ClO3Si/c1-14(2,3)10-8-7-9(13(16)17-4)12(11(10)15)18-19(5)6/h7-8,19H,1-6H3. The summed E-state index contributed by atoms with van der Waals surface area (Å²) in [6, 6.07) is 3.59. The molecule has 5 heteroatoms. The molecule has 0 aliphatic rings. The Labute approximate surface area is 121 Å². The molecule has 1 aromatic rings. The summed E-state index contributed by atoms with van der Waals surface area (Å²) in [5.74, 6) is 0.0367. The van der Waals surface area contributed by atoms with Crippen LogP contribution in [0.1, 0.15) is 36.7 Å². The molecule has 0 saturated carbocycles. The van der Waals surface area contributed by atoms with Gasteiger partial charge in [0.05, 0.1) is 12.1 Å². The van der Waals surface area contributed by atoms with Gasteiger partial charge in [0.2, 0.25) is 9.04 Å². The lowest BCUT2D eigenvalue weighted by molar-refractivity contribution is 0.0598. The second kappa shape index (κ2) is 5.97. The molecule has 0 N–H and O–H groups in total. The van der Waals surface area contributed by atoms with Crippen molar-refractivity contribution in [3.8, 4) is 5.75 Å². The molecule has 0 amide bonds. The number of carbonyl (C=O) groups is 1. The van der Waals surface area contributed by atoms with Gasteiger partial charge in [-0.05, 0) is 30.1 Å². The monoisotopic (exact) mass is 300 g/mol. The van der Waals surface area contributed by atoms with Crippen LogP contribution in [0.3, 0.4) is 0 Å². The number of hydrogen-bond donors (Lipinski definition) is 0. The Morgan fingerprint density at radius 3 is 2.26 bits per heavy atom. The summed E-state index contributed by atoms with van der Waals surface area (Å²) >= 11 is 6.43. The third-order valence-electron chi connectivity index (χ3n) is 2.66. The number of esters is 1. The Hall–Kier alpha value is -1.00. The molecule has 0 saturated heterocycles. The molecule has 0 bridgehead atoms. The van der Waals surface area contributed by atoms with E-state index in [1.54, 1.807) is 6.07 Å². The topological polar surface area (TPSA) is 35.5 Å². The lowest BCUT2D eigenvalue weighted by Crippen LogP contribution is -2.18. The smallest absolute Gasteiger partial charge is 0.341 e. The van der Waals surface area contributed by atoms with Crippen LogP contribution in [0, 0.1) is 0 Å². The van der Waals surface area contributed by atoms with Gasteiger partial charge in [-0.15, -0.1) is 0 Å². The summed E-state index contributed by atoms with van der Waals surface area (Å²) in [6.45, 7) is 10.3. The van der Waals surface area contributed by atoms with E-state index >= 15 is 0 Å². The van der Waals surface area contributed by atoms with Crippen LogP contribution in [0.5, 0.6) is 5.75 Å². The second-order valence-electron chi connectivity index (χ2n) is 5.71. The highest BCUT2D eigenvalue weighted by atomic mass is 35.5. The van der Waals surface area contributed by atoms with E-state index in [1.807, 2.05) is 19.2 Å². The number of ether oxygens (including phenoxy) is 1. The Morgan fingerprint density at radius 1 is 1.26 bits per heavy atom. The van der Waals surface area contributed by atoms with Crippen molar-refractivity contribution in [3.63, 3.8) is 0 Å². The first kappa shape index (κ1) is 16.1. The summed E-state index contributed by atoms with van der Waals surface area (Å²) in [6.07, 6.45) is 0. The lowest BCUT2D eigenvalue weighted by atomic mass is 9.86. The Bertz CT molecular complexity index is 478. The zero-order chi connectivity index (χ0) is 14.8. The molecule has 0 aromatic heterocycles. The molecule has 1 rings (SSSR count). The van der Waals surface area contributed by atoms with Crippen LogP contribution in [-0.2, 0) is 10.2 Å². The van der Waals surface area contributed by atoms with Crippen molar-refractivity contribution in [2.24, 2.45) is 0 Å². The molecule has 0 heterocycles. The van der Waals surface area contributed by atoms with Crippen LogP contribution in [0.4, 0.5) is 0 Å². The predicted molar refractivity (Wildman–Crippen MR) is 81.0 cm³/mol. The van der Waals surface area contributed by atoms with Gasteiger partial charge in [0.15, 0.2) is 0 Å². The summed E-state index contributed by atoms with van der Waals surface area (Å²) in [5, 5.41) is 0.511. The van der Waals surface area contributed by atoms with E-state index in [4.69, 9.17) is 20.8 Å². The summed E-state index contributed by atoms with van der Waals surface area (Å²) in [5.41, 5.74) is 1.25. The van der Waals surface area contributed by atoms with Crippen LogP contribution in [0.2, 0.25) is 18.1 Å². The van der Waals surface area contributed by atoms with Gasteiger partial charge in [0, 0.05) is 0 Å². The fraction of sp³-hybridized carbons (Fsp3) is 0.500. The van der Waals surface area contributed by atoms with E-state index in [1.165, 1.54) is 7.11 Å². The van der Waals surface area contributed by atoms with E-state index in [9.17, 15) is 4.79 Å². The molecule has 0 radical (unpaired) electrons. The van der Waals surface area contributed by atoms with E-state index in [0.29, 0.717) is 16.3 Å². The predicted octanol–water partition coefficient (Wildman–Crippen LogP) is 3.79. The van der Waals surface area contributed by atoms with Crippen LogP contribution >= 0.6 is 11.6 Å². The molecular formula is C14H21ClO3Si. The average molecular weight is 301 g/mol. The Balaban J connectivity index is 3.45. The number of hydrogen-bond acceptors (Lipinski definition) is 3. The minimum absolute atomic E-state index is 0.109. The first-order valence-corrected chi connectivity index (χ1v) is 9.42. The molecule has 0 aliphatic carbocycles. The van der Waals surface area contributed by atoms with E-state index < -0.39 is 15.0 Å². The normalized spacial score (nSPS) is 11.6. The quantitative estimate of drug-likeness (QED) is 0.629. The van der Waals surface area contributed by atoms with Gasteiger partial charge in [0.25, 0.3) is 0 Å². The largest absolute Gasteiger partial charge is 0.545 e. The van der Waals surface area contributed by atoms with Gasteiger partial charge >= 0.3 is 5.97 Å². The van der Waals surface area contributed by atoms with Crippen LogP contribution < -0.4 is 4.43 Å². The number of carbonyl (C=O) groups excluding carboxylic acids is 1. The van der Waals surface area contributed by atoms with Crippen molar-refractivity contribution in [1.29, 1.82) is 0 Å². The molecule has 0 atom stereocenters. The van der Waals surface area contributed by atoms with Crippen LogP contribution in [0.15, 0.2) is 12.1 Å². The Kier molecular flexibility index (Phi) is 5.04. The van der Waals surface area contributed by atoms with Crippen molar-refractivity contribution in [3.05, 3.63) is 28.3 Å². The minimum atomic E-state index is -1.37. The van der Waals surface area contributed by atoms with E-state index in [2.05, 4.69) is 20.8 Å². The third-order valence-corrected chi connectivity index (χ3v) is 3.75.